The van der Waals surface area contributed by atoms with Crippen molar-refractivity contribution in [2.75, 3.05) is 38.1 Å². The molecule has 3 rings (SSSR count). The number of anilines is 2. The lowest BCUT2D eigenvalue weighted by atomic mass is 9.96. The van der Waals surface area contributed by atoms with Crippen LogP contribution in [0.15, 0.2) is 41.4 Å². The Kier molecular flexibility index (Phi) is 9.22. The van der Waals surface area contributed by atoms with Crippen LogP contribution in [0.1, 0.15) is 17.5 Å². The molecule has 9 nitrogen and oxygen atoms in total. The van der Waals surface area contributed by atoms with Gasteiger partial charge in [-0.1, -0.05) is 0 Å². The number of halogens is 1. The van der Waals surface area contributed by atoms with Crippen molar-refractivity contribution in [3.05, 3.63) is 51.1 Å². The highest BCUT2D eigenvalue weighted by molar-refractivity contribution is 14.1. The highest BCUT2D eigenvalue weighted by atomic mass is 127. The van der Waals surface area contributed by atoms with Crippen LogP contribution in [0.4, 0.5) is 11.5 Å². The Hall–Kier alpha value is -3.68. The second-order valence-electron chi connectivity index (χ2n) is 7.22. The number of thioether (sulfide) groups is 1. The largest absolute Gasteiger partial charge is 0.493 e. The van der Waals surface area contributed by atoms with Gasteiger partial charge in [0.15, 0.2) is 11.5 Å². The van der Waals surface area contributed by atoms with Crippen LogP contribution in [-0.2, 0) is 4.79 Å². The van der Waals surface area contributed by atoms with E-state index in [2.05, 4.69) is 39.0 Å². The van der Waals surface area contributed by atoms with Crippen molar-refractivity contribution in [1.29, 1.82) is 10.5 Å². The maximum absolute atomic E-state index is 12.4. The molecule has 0 saturated heterocycles. The van der Waals surface area contributed by atoms with E-state index in [4.69, 9.17) is 19.9 Å². The second-order valence-corrected chi connectivity index (χ2v) is 9.55. The second kappa shape index (κ2) is 12.3. The molecule has 0 bridgehead atoms. The van der Waals surface area contributed by atoms with Crippen LogP contribution >= 0.6 is 34.4 Å². The van der Waals surface area contributed by atoms with E-state index in [0.29, 0.717) is 44.8 Å². The monoisotopic (exact) mass is 615 g/mol. The van der Waals surface area contributed by atoms with Gasteiger partial charge in [0.1, 0.15) is 28.5 Å². The van der Waals surface area contributed by atoms with Gasteiger partial charge >= 0.3 is 0 Å². The number of nitrogen functional groups attached to an aromatic ring is 1. The topological polar surface area (TPSA) is 143 Å². The number of benzene rings is 2. The van der Waals surface area contributed by atoms with Gasteiger partial charge in [-0.05, 0) is 64.6 Å². The molecular formula is C25H22IN5O4S. The highest BCUT2D eigenvalue weighted by Gasteiger charge is 2.23. The summed E-state index contributed by atoms with van der Waals surface area (Å²) in [6.45, 7) is 0. The predicted molar refractivity (Wildman–Crippen MR) is 146 cm³/mol. The summed E-state index contributed by atoms with van der Waals surface area (Å²) in [5, 5.41) is 23.0. The summed E-state index contributed by atoms with van der Waals surface area (Å²) in [5.41, 5.74) is 7.82. The van der Waals surface area contributed by atoms with E-state index >= 15 is 0 Å². The van der Waals surface area contributed by atoms with Gasteiger partial charge in [0.25, 0.3) is 0 Å². The maximum atomic E-state index is 12.4. The van der Waals surface area contributed by atoms with E-state index in [-0.39, 0.29) is 29.3 Å². The number of aromatic nitrogens is 1. The number of rotatable bonds is 9. The van der Waals surface area contributed by atoms with Gasteiger partial charge in [0.2, 0.25) is 11.7 Å². The summed E-state index contributed by atoms with van der Waals surface area (Å²) >= 11 is 3.40. The Bertz CT molecular complexity index is 1340. The smallest absolute Gasteiger partial charge is 0.225 e. The molecule has 0 saturated carbocycles. The average molecular weight is 615 g/mol. The molecule has 0 radical (unpaired) electrons. The van der Waals surface area contributed by atoms with Crippen molar-refractivity contribution in [2.45, 2.75) is 11.4 Å². The summed E-state index contributed by atoms with van der Waals surface area (Å²) in [4.78, 5) is 16.7. The Morgan fingerprint density at radius 3 is 2.19 bits per heavy atom. The lowest BCUT2D eigenvalue weighted by Gasteiger charge is -2.17. The maximum Gasteiger partial charge on any atom is 0.225 e. The van der Waals surface area contributed by atoms with E-state index in [0.717, 1.165) is 3.57 Å². The fourth-order valence-corrected chi connectivity index (χ4v) is 4.71. The summed E-state index contributed by atoms with van der Waals surface area (Å²) in [6.07, 6.45) is 0.183. The van der Waals surface area contributed by atoms with E-state index in [1.165, 1.54) is 33.1 Å². The van der Waals surface area contributed by atoms with Gasteiger partial charge < -0.3 is 25.3 Å². The molecule has 3 aromatic rings. The number of pyridine rings is 1. The SMILES string of the molecule is COc1cc(-c2c(C#N)c(N)nc(SCCC(=O)Nc3ccc(I)cc3)c2C#N)cc(OC)c1OC. The molecule has 1 heterocycles. The van der Waals surface area contributed by atoms with Gasteiger partial charge in [-0.3, -0.25) is 4.79 Å². The average Bonchev–Trinajstić information content (AvgIpc) is 2.88. The van der Waals surface area contributed by atoms with Gasteiger partial charge in [-0.15, -0.1) is 11.8 Å². The van der Waals surface area contributed by atoms with E-state index in [9.17, 15) is 15.3 Å². The first-order chi connectivity index (χ1) is 17.4. The number of ether oxygens (including phenoxy) is 3. The fourth-order valence-electron chi connectivity index (χ4n) is 3.41. The number of carbonyl (C=O) groups is 1. The van der Waals surface area contributed by atoms with Crippen LogP contribution in [0.25, 0.3) is 11.1 Å². The Morgan fingerprint density at radius 1 is 1.06 bits per heavy atom. The zero-order chi connectivity index (χ0) is 26.2. The molecule has 0 aliphatic rings. The molecule has 184 valence electrons. The Morgan fingerprint density at radius 2 is 1.67 bits per heavy atom. The lowest BCUT2D eigenvalue weighted by Crippen LogP contribution is -2.12. The van der Waals surface area contributed by atoms with Crippen molar-refractivity contribution >= 4 is 51.8 Å². The zero-order valence-corrected chi connectivity index (χ0v) is 22.7. The number of nitrogens with one attached hydrogen (secondary N) is 1. The number of nitrogens with two attached hydrogens (primary N) is 1. The van der Waals surface area contributed by atoms with Crippen LogP contribution in [0.5, 0.6) is 17.2 Å². The number of hydrogen-bond acceptors (Lipinski definition) is 9. The number of amides is 1. The predicted octanol–water partition coefficient (Wildman–Crippen LogP) is 4.83. The first kappa shape index (κ1) is 26.9. The molecule has 11 heteroatoms. The molecule has 0 aliphatic heterocycles. The van der Waals surface area contributed by atoms with Gasteiger partial charge in [0, 0.05) is 27.0 Å². The summed E-state index contributed by atoms with van der Waals surface area (Å²) in [5.74, 6) is 1.24. The minimum Gasteiger partial charge on any atom is -0.493 e. The molecular weight excluding hydrogens is 593 g/mol. The van der Waals surface area contributed by atoms with Crippen molar-refractivity contribution in [3.8, 4) is 40.5 Å². The van der Waals surface area contributed by atoms with E-state index in [1.54, 1.807) is 12.1 Å². The molecule has 1 amide bonds. The number of nitriles is 2. The van der Waals surface area contributed by atoms with Crippen LogP contribution < -0.4 is 25.3 Å². The van der Waals surface area contributed by atoms with E-state index < -0.39 is 0 Å². The van der Waals surface area contributed by atoms with Crippen LogP contribution in [-0.4, -0.2) is 38.0 Å². The first-order valence-electron chi connectivity index (χ1n) is 10.5. The molecule has 2 aromatic carbocycles. The van der Waals surface area contributed by atoms with Crippen molar-refractivity contribution < 1.29 is 19.0 Å². The number of hydrogen-bond donors (Lipinski definition) is 2. The molecule has 36 heavy (non-hydrogen) atoms. The molecule has 1 aromatic heterocycles. The molecule has 3 N–H and O–H groups in total. The van der Waals surface area contributed by atoms with Crippen molar-refractivity contribution in [2.24, 2.45) is 0 Å². The Balaban J connectivity index is 1.94. The summed E-state index contributed by atoms with van der Waals surface area (Å²) < 4.78 is 17.3. The highest BCUT2D eigenvalue weighted by Crippen LogP contribution is 2.44. The third kappa shape index (κ3) is 5.93. The third-order valence-electron chi connectivity index (χ3n) is 5.06. The molecule has 0 fully saturated rings. The number of methoxy groups -OCH3 is 3. The van der Waals surface area contributed by atoms with Crippen LogP contribution in [0.3, 0.4) is 0 Å². The normalized spacial score (nSPS) is 10.2. The van der Waals surface area contributed by atoms with Crippen molar-refractivity contribution in [3.63, 3.8) is 0 Å². The van der Waals surface area contributed by atoms with Crippen LogP contribution in [0.2, 0.25) is 0 Å². The van der Waals surface area contributed by atoms with Crippen LogP contribution in [0, 0.1) is 26.2 Å². The molecule has 0 unspecified atom stereocenters. The minimum atomic E-state index is -0.173. The van der Waals surface area contributed by atoms with E-state index in [1.807, 2.05) is 30.3 Å². The minimum absolute atomic E-state index is 0.0221. The molecule has 0 atom stereocenters. The van der Waals surface area contributed by atoms with Crippen molar-refractivity contribution in [1.82, 2.24) is 4.98 Å². The zero-order valence-electron chi connectivity index (χ0n) is 19.7. The standard InChI is InChI=1S/C25H22IN5O4S/c1-33-19-10-14(11-20(34-2)23(19)35-3)22-17(12-27)24(29)31-25(18(22)13-28)36-9-8-21(32)30-16-6-4-15(26)5-7-16/h4-7,10-11H,8-9H2,1-3H3,(H2,29,31)(H,30,32). The summed E-state index contributed by atoms with van der Waals surface area (Å²) in [6, 6.07) is 14.9. The fraction of sp³-hybridized carbons (Fsp3) is 0.200. The first-order valence-corrected chi connectivity index (χ1v) is 12.6. The lowest BCUT2D eigenvalue weighted by molar-refractivity contribution is -0.115. The molecule has 0 aliphatic carbocycles. The number of carbonyl (C=O) groups excluding carboxylic acids is 1. The third-order valence-corrected chi connectivity index (χ3v) is 6.76. The number of nitrogens with zero attached hydrogens (tertiary/aromatic N) is 3. The Labute approximate surface area is 226 Å². The summed E-state index contributed by atoms with van der Waals surface area (Å²) in [7, 11) is 4.43. The molecule has 0 spiro atoms. The van der Waals surface area contributed by atoms with Gasteiger partial charge in [0.05, 0.1) is 26.9 Å². The quantitative estimate of drug-likeness (QED) is 0.256. The van der Waals surface area contributed by atoms with Gasteiger partial charge in [-0.25, -0.2) is 4.98 Å². The van der Waals surface area contributed by atoms with Gasteiger partial charge in [-0.2, -0.15) is 10.5 Å².